The van der Waals surface area contributed by atoms with Crippen LogP contribution in [0.2, 0.25) is 0 Å². The average molecular weight is 377 g/mol. The molecule has 4 heteroatoms. The van der Waals surface area contributed by atoms with Crippen molar-refractivity contribution in [3.8, 4) is 5.75 Å². The van der Waals surface area contributed by atoms with Gasteiger partial charge in [0.25, 0.3) is 0 Å². The maximum atomic E-state index is 11.2. The molecule has 0 bridgehead atoms. The van der Waals surface area contributed by atoms with Gasteiger partial charge in [0, 0.05) is 17.8 Å². The summed E-state index contributed by atoms with van der Waals surface area (Å²) in [5, 5.41) is 20.8. The number of phenols is 1. The summed E-state index contributed by atoms with van der Waals surface area (Å²) in [7, 11) is 0. The quantitative estimate of drug-likeness (QED) is 0.574. The van der Waals surface area contributed by atoms with Gasteiger partial charge in [0.2, 0.25) is 0 Å². The van der Waals surface area contributed by atoms with E-state index >= 15 is 0 Å². The Bertz CT molecular complexity index is 888. The number of aromatic amines is 1. The fourth-order valence-electron chi connectivity index (χ4n) is 4.37. The minimum absolute atomic E-state index is 0.0458. The Morgan fingerprint density at radius 3 is 2.61 bits per heavy atom. The van der Waals surface area contributed by atoms with E-state index in [2.05, 4.69) is 36.2 Å². The summed E-state index contributed by atoms with van der Waals surface area (Å²) in [6.07, 6.45) is 3.05. The summed E-state index contributed by atoms with van der Waals surface area (Å²) < 4.78 is 6.12. The maximum Gasteiger partial charge on any atom is 0.115 e. The molecule has 146 valence electrons. The lowest BCUT2D eigenvalue weighted by molar-refractivity contribution is 0.0151. The molecule has 1 aromatic heterocycles. The second-order valence-electron chi connectivity index (χ2n) is 7.71. The Balaban J connectivity index is 1.60. The van der Waals surface area contributed by atoms with Gasteiger partial charge in [0.1, 0.15) is 5.75 Å². The van der Waals surface area contributed by atoms with Crippen LogP contribution in [0.4, 0.5) is 0 Å². The van der Waals surface area contributed by atoms with Crippen LogP contribution in [0.1, 0.15) is 53.9 Å². The van der Waals surface area contributed by atoms with Crippen LogP contribution in [0.3, 0.4) is 0 Å². The van der Waals surface area contributed by atoms with Gasteiger partial charge in [-0.1, -0.05) is 43.3 Å². The zero-order chi connectivity index (χ0) is 19.5. The molecule has 4 unspecified atom stereocenters. The van der Waals surface area contributed by atoms with Gasteiger partial charge in [-0.3, -0.25) is 0 Å². The Morgan fingerprint density at radius 1 is 1.07 bits per heavy atom. The van der Waals surface area contributed by atoms with E-state index in [4.69, 9.17) is 4.74 Å². The number of H-pyrrole nitrogens is 1. The molecule has 4 rings (SSSR count). The van der Waals surface area contributed by atoms with E-state index in [1.807, 2.05) is 18.3 Å². The molecule has 1 aliphatic rings. The van der Waals surface area contributed by atoms with Gasteiger partial charge in [-0.15, -0.1) is 0 Å². The molecule has 0 amide bonds. The smallest absolute Gasteiger partial charge is 0.115 e. The number of rotatable bonds is 6. The van der Waals surface area contributed by atoms with Crippen LogP contribution in [-0.2, 0) is 11.2 Å². The topological polar surface area (TPSA) is 65.5 Å². The van der Waals surface area contributed by atoms with Crippen LogP contribution < -0.4 is 0 Å². The van der Waals surface area contributed by atoms with E-state index in [-0.39, 0.29) is 23.7 Å². The van der Waals surface area contributed by atoms with Crippen molar-refractivity contribution >= 4 is 0 Å². The highest BCUT2D eigenvalue weighted by atomic mass is 16.5. The molecular formula is C24H27NO3. The van der Waals surface area contributed by atoms with Crippen LogP contribution in [0.25, 0.3) is 0 Å². The molecule has 1 aliphatic heterocycles. The number of aromatic nitrogens is 1. The maximum absolute atomic E-state index is 11.2. The number of phenolic OH excluding ortho intramolecular Hbond substituents is 1. The molecule has 0 aliphatic carbocycles. The van der Waals surface area contributed by atoms with E-state index in [1.165, 1.54) is 11.1 Å². The zero-order valence-corrected chi connectivity index (χ0v) is 16.1. The highest BCUT2D eigenvalue weighted by Gasteiger charge is 2.32. The van der Waals surface area contributed by atoms with Crippen LogP contribution >= 0.6 is 0 Å². The third-order valence-corrected chi connectivity index (χ3v) is 5.85. The van der Waals surface area contributed by atoms with Crippen molar-refractivity contribution in [2.45, 2.75) is 37.9 Å². The molecule has 0 fully saturated rings. The van der Waals surface area contributed by atoms with Gasteiger partial charge >= 0.3 is 0 Å². The van der Waals surface area contributed by atoms with Crippen molar-refractivity contribution in [3.05, 3.63) is 89.2 Å². The van der Waals surface area contributed by atoms with E-state index in [0.29, 0.717) is 0 Å². The molecule has 4 nitrogen and oxygen atoms in total. The van der Waals surface area contributed by atoms with E-state index in [1.54, 1.807) is 24.3 Å². The Labute approximate surface area is 165 Å². The number of benzene rings is 2. The van der Waals surface area contributed by atoms with Crippen LogP contribution in [0.15, 0.2) is 66.9 Å². The van der Waals surface area contributed by atoms with Gasteiger partial charge in [0.15, 0.2) is 0 Å². The molecule has 0 saturated carbocycles. The first-order valence-electron chi connectivity index (χ1n) is 9.93. The van der Waals surface area contributed by atoms with Crippen LogP contribution in [0, 0.1) is 5.92 Å². The molecule has 2 aromatic carbocycles. The first-order chi connectivity index (χ1) is 13.6. The molecule has 0 radical (unpaired) electrons. The van der Waals surface area contributed by atoms with E-state index < -0.39 is 6.10 Å². The lowest BCUT2D eigenvalue weighted by Crippen LogP contribution is -2.24. The van der Waals surface area contributed by atoms with Gasteiger partial charge < -0.3 is 19.9 Å². The minimum Gasteiger partial charge on any atom is -0.508 e. The minimum atomic E-state index is -0.673. The largest absolute Gasteiger partial charge is 0.508 e. The summed E-state index contributed by atoms with van der Waals surface area (Å²) in [4.78, 5) is 3.29. The van der Waals surface area contributed by atoms with E-state index in [9.17, 15) is 10.2 Å². The van der Waals surface area contributed by atoms with Gasteiger partial charge in [-0.05, 0) is 59.7 Å². The first kappa shape index (κ1) is 18.8. The van der Waals surface area contributed by atoms with Crippen molar-refractivity contribution in [1.82, 2.24) is 4.98 Å². The normalized spacial score (nSPS) is 19.6. The second-order valence-corrected chi connectivity index (χ2v) is 7.71. The number of aliphatic hydroxyl groups is 1. The Kier molecular flexibility index (Phi) is 5.51. The number of fused-ring (bicyclic) bond motifs is 1. The second kappa shape index (κ2) is 8.21. The monoisotopic (exact) mass is 377 g/mol. The van der Waals surface area contributed by atoms with Crippen molar-refractivity contribution in [1.29, 1.82) is 0 Å². The van der Waals surface area contributed by atoms with Crippen molar-refractivity contribution in [3.63, 3.8) is 0 Å². The SMILES string of the molecule is CC(CC1OCCc2ccccc21)C(c1ccc[nH]1)C(O)c1ccc(O)cc1. The summed E-state index contributed by atoms with van der Waals surface area (Å²) in [6.45, 7) is 2.91. The summed E-state index contributed by atoms with van der Waals surface area (Å²) >= 11 is 0. The fourth-order valence-corrected chi connectivity index (χ4v) is 4.37. The number of aliphatic hydroxyl groups excluding tert-OH is 1. The summed E-state index contributed by atoms with van der Waals surface area (Å²) in [5.41, 5.74) is 4.44. The highest BCUT2D eigenvalue weighted by Crippen LogP contribution is 2.42. The van der Waals surface area contributed by atoms with Crippen molar-refractivity contribution in [2.75, 3.05) is 6.61 Å². The van der Waals surface area contributed by atoms with Gasteiger partial charge in [-0.2, -0.15) is 0 Å². The zero-order valence-electron chi connectivity index (χ0n) is 16.1. The van der Waals surface area contributed by atoms with Crippen molar-refractivity contribution in [2.24, 2.45) is 5.92 Å². The molecule has 2 heterocycles. The predicted octanol–water partition coefficient (Wildman–Crippen LogP) is 4.88. The van der Waals surface area contributed by atoms with Gasteiger partial charge in [0.05, 0.1) is 18.8 Å². The third-order valence-electron chi connectivity index (χ3n) is 5.85. The van der Waals surface area contributed by atoms with Crippen LogP contribution in [-0.4, -0.2) is 21.8 Å². The number of hydrogen-bond acceptors (Lipinski definition) is 3. The molecule has 3 aromatic rings. The predicted molar refractivity (Wildman–Crippen MR) is 109 cm³/mol. The third kappa shape index (κ3) is 3.84. The number of ether oxygens (including phenoxy) is 1. The molecule has 0 spiro atoms. The van der Waals surface area contributed by atoms with Gasteiger partial charge in [-0.25, -0.2) is 0 Å². The fraction of sp³-hybridized carbons (Fsp3) is 0.333. The van der Waals surface area contributed by atoms with E-state index in [0.717, 1.165) is 30.7 Å². The van der Waals surface area contributed by atoms with Crippen molar-refractivity contribution < 1.29 is 14.9 Å². The summed E-state index contributed by atoms with van der Waals surface area (Å²) in [6, 6.07) is 19.3. The number of nitrogens with one attached hydrogen (secondary N) is 1. The lowest BCUT2D eigenvalue weighted by Gasteiger charge is -2.33. The molecule has 4 atom stereocenters. The Hall–Kier alpha value is -2.56. The molecule has 3 N–H and O–H groups in total. The number of hydrogen-bond donors (Lipinski definition) is 3. The standard InChI is InChI=1S/C24H27NO3/c1-16(15-22-20-6-3-2-5-17(20)12-14-28-22)23(21-7-4-13-25-21)24(27)18-8-10-19(26)11-9-18/h2-11,13,16,22-27H,12,14-15H2,1H3. The summed E-state index contributed by atoms with van der Waals surface area (Å²) in [5.74, 6) is 0.281. The highest BCUT2D eigenvalue weighted by molar-refractivity contribution is 5.32. The lowest BCUT2D eigenvalue weighted by atomic mass is 9.79. The van der Waals surface area contributed by atoms with Crippen LogP contribution in [0.5, 0.6) is 5.75 Å². The molecule has 28 heavy (non-hydrogen) atoms. The Morgan fingerprint density at radius 2 is 1.86 bits per heavy atom. The average Bonchev–Trinajstić information content (AvgIpc) is 3.23. The molecule has 0 saturated heterocycles. The molecular weight excluding hydrogens is 350 g/mol. The first-order valence-corrected chi connectivity index (χ1v) is 9.93. The number of aromatic hydroxyl groups is 1.